The second-order valence-corrected chi connectivity index (χ2v) is 5.20. The van der Waals surface area contributed by atoms with Gasteiger partial charge < -0.3 is 0 Å². The number of hydrogen-bond acceptors (Lipinski definition) is 0. The van der Waals surface area contributed by atoms with Crippen LogP contribution in [0.25, 0.3) is 0 Å². The minimum absolute atomic E-state index is 0.215. The summed E-state index contributed by atoms with van der Waals surface area (Å²) in [5.41, 5.74) is 4.20. The van der Waals surface area contributed by atoms with Crippen molar-refractivity contribution < 1.29 is 0 Å². The molecule has 0 saturated heterocycles. The fourth-order valence-corrected chi connectivity index (χ4v) is 3.16. The number of alkyl halides is 1. The lowest BCUT2D eigenvalue weighted by molar-refractivity contribution is 0.625. The van der Waals surface area contributed by atoms with E-state index in [2.05, 4.69) is 54.6 Å². The molecule has 0 amide bonds. The van der Waals surface area contributed by atoms with Crippen LogP contribution in [-0.4, -0.2) is 5.38 Å². The van der Waals surface area contributed by atoms with Crippen LogP contribution in [0.15, 0.2) is 54.6 Å². The average Bonchev–Trinajstić information content (AvgIpc) is 2.39. The quantitative estimate of drug-likeness (QED) is 0.652. The van der Waals surface area contributed by atoms with Crippen LogP contribution in [0.1, 0.15) is 29.0 Å². The Morgan fingerprint density at radius 2 is 1.59 bits per heavy atom. The van der Waals surface area contributed by atoms with Crippen LogP contribution in [0.2, 0.25) is 0 Å². The molecule has 0 heterocycles. The molecule has 0 nitrogen and oxygen atoms in total. The third kappa shape index (κ3) is 1.98. The van der Waals surface area contributed by atoms with Crippen molar-refractivity contribution in [1.29, 1.82) is 0 Å². The van der Waals surface area contributed by atoms with Gasteiger partial charge in [-0.2, -0.15) is 0 Å². The first-order chi connectivity index (χ1) is 8.36. The molecular formula is C16H15Cl. The van der Waals surface area contributed by atoms with Crippen molar-refractivity contribution in [2.75, 3.05) is 0 Å². The zero-order chi connectivity index (χ0) is 11.7. The molecule has 1 heteroatoms. The predicted octanol–water partition coefficient (Wildman–Crippen LogP) is 4.37. The zero-order valence-corrected chi connectivity index (χ0v) is 10.4. The number of hydrogen-bond donors (Lipinski definition) is 0. The smallest absolute Gasteiger partial charge is 0.0448 e. The van der Waals surface area contributed by atoms with Gasteiger partial charge in [0.05, 0.1) is 0 Å². The molecular weight excluding hydrogens is 228 g/mol. The molecule has 0 spiro atoms. The Morgan fingerprint density at radius 1 is 0.882 bits per heavy atom. The maximum Gasteiger partial charge on any atom is 0.0448 e. The fraction of sp³-hybridized carbons (Fsp3) is 0.250. The molecule has 0 radical (unpaired) electrons. The summed E-state index contributed by atoms with van der Waals surface area (Å²) >= 11 is 6.54. The number of aryl methyl sites for hydroxylation is 1. The van der Waals surface area contributed by atoms with Crippen molar-refractivity contribution in [3.05, 3.63) is 71.3 Å². The van der Waals surface area contributed by atoms with Crippen molar-refractivity contribution in [2.24, 2.45) is 0 Å². The van der Waals surface area contributed by atoms with E-state index in [0.29, 0.717) is 5.92 Å². The van der Waals surface area contributed by atoms with Gasteiger partial charge in [-0.1, -0.05) is 54.6 Å². The molecule has 2 aromatic carbocycles. The van der Waals surface area contributed by atoms with Crippen molar-refractivity contribution in [1.82, 2.24) is 0 Å². The highest BCUT2D eigenvalue weighted by molar-refractivity contribution is 6.21. The maximum absolute atomic E-state index is 6.54. The van der Waals surface area contributed by atoms with Gasteiger partial charge in [0.1, 0.15) is 0 Å². The van der Waals surface area contributed by atoms with Gasteiger partial charge in [-0.15, -0.1) is 11.6 Å². The standard InChI is InChI=1S/C16H15Cl/c17-15-11-10-12-6-4-5-9-14(12)16(15)13-7-2-1-3-8-13/h1-9,15-16H,10-11H2/t15-,16-/m0/s1. The highest BCUT2D eigenvalue weighted by Crippen LogP contribution is 2.39. The van der Waals surface area contributed by atoms with E-state index >= 15 is 0 Å². The Bertz CT molecular complexity index is 504. The minimum atomic E-state index is 0.215. The molecule has 3 rings (SSSR count). The number of rotatable bonds is 1. The Kier molecular flexibility index (Phi) is 2.90. The van der Waals surface area contributed by atoms with Crippen LogP contribution in [0, 0.1) is 0 Å². The summed E-state index contributed by atoms with van der Waals surface area (Å²) in [4.78, 5) is 0. The van der Waals surface area contributed by atoms with Crippen LogP contribution in [0.4, 0.5) is 0 Å². The summed E-state index contributed by atoms with van der Waals surface area (Å²) in [6.07, 6.45) is 2.17. The topological polar surface area (TPSA) is 0 Å². The van der Waals surface area contributed by atoms with Crippen molar-refractivity contribution in [2.45, 2.75) is 24.1 Å². The average molecular weight is 243 g/mol. The molecule has 0 unspecified atom stereocenters. The van der Waals surface area contributed by atoms with Gasteiger partial charge in [-0.05, 0) is 29.5 Å². The van der Waals surface area contributed by atoms with Crippen molar-refractivity contribution in [3.8, 4) is 0 Å². The van der Waals surface area contributed by atoms with Gasteiger partial charge in [0, 0.05) is 11.3 Å². The predicted molar refractivity (Wildman–Crippen MR) is 72.7 cm³/mol. The Morgan fingerprint density at radius 3 is 2.41 bits per heavy atom. The largest absolute Gasteiger partial charge is 0.122 e. The molecule has 0 bridgehead atoms. The second kappa shape index (κ2) is 4.54. The Labute approximate surface area is 107 Å². The molecule has 2 atom stereocenters. The van der Waals surface area contributed by atoms with Crippen LogP contribution in [0.5, 0.6) is 0 Å². The summed E-state index contributed by atoms with van der Waals surface area (Å²) in [6, 6.07) is 19.3. The fourth-order valence-electron chi connectivity index (χ4n) is 2.77. The van der Waals surface area contributed by atoms with E-state index in [0.717, 1.165) is 12.8 Å². The number of halogens is 1. The van der Waals surface area contributed by atoms with Gasteiger partial charge in [0.2, 0.25) is 0 Å². The summed E-state index contributed by atoms with van der Waals surface area (Å²) in [5, 5.41) is 0.215. The molecule has 0 aromatic heterocycles. The van der Waals surface area contributed by atoms with E-state index in [9.17, 15) is 0 Å². The molecule has 86 valence electrons. The molecule has 0 fully saturated rings. The van der Waals surface area contributed by atoms with E-state index in [4.69, 9.17) is 11.6 Å². The Hall–Kier alpha value is -1.27. The zero-order valence-electron chi connectivity index (χ0n) is 9.64. The van der Waals surface area contributed by atoms with Crippen LogP contribution in [-0.2, 0) is 6.42 Å². The van der Waals surface area contributed by atoms with Crippen LogP contribution >= 0.6 is 11.6 Å². The lowest BCUT2D eigenvalue weighted by atomic mass is 9.78. The summed E-state index contributed by atoms with van der Waals surface area (Å²) in [7, 11) is 0. The van der Waals surface area contributed by atoms with E-state index in [1.165, 1.54) is 16.7 Å². The molecule has 1 aliphatic rings. The minimum Gasteiger partial charge on any atom is -0.122 e. The highest BCUT2D eigenvalue weighted by atomic mass is 35.5. The lowest BCUT2D eigenvalue weighted by Gasteiger charge is -2.30. The second-order valence-electron chi connectivity index (χ2n) is 4.64. The third-order valence-corrected chi connectivity index (χ3v) is 4.07. The van der Waals surface area contributed by atoms with Gasteiger partial charge in [0.25, 0.3) is 0 Å². The molecule has 0 saturated carbocycles. The maximum atomic E-state index is 6.54. The summed E-state index contributed by atoms with van der Waals surface area (Å²) in [6.45, 7) is 0. The molecule has 0 N–H and O–H groups in total. The van der Waals surface area contributed by atoms with Crippen LogP contribution in [0.3, 0.4) is 0 Å². The van der Waals surface area contributed by atoms with E-state index in [1.54, 1.807) is 0 Å². The van der Waals surface area contributed by atoms with Crippen molar-refractivity contribution >= 4 is 11.6 Å². The third-order valence-electron chi connectivity index (χ3n) is 3.60. The normalized spacial score (nSPS) is 23.1. The number of fused-ring (bicyclic) bond motifs is 1. The van der Waals surface area contributed by atoms with E-state index in [-0.39, 0.29) is 5.38 Å². The monoisotopic (exact) mass is 242 g/mol. The summed E-state index contributed by atoms with van der Waals surface area (Å²) < 4.78 is 0. The highest BCUT2D eigenvalue weighted by Gasteiger charge is 2.28. The van der Waals surface area contributed by atoms with Crippen LogP contribution < -0.4 is 0 Å². The van der Waals surface area contributed by atoms with Gasteiger partial charge in [-0.3, -0.25) is 0 Å². The number of benzene rings is 2. The van der Waals surface area contributed by atoms with Crippen molar-refractivity contribution in [3.63, 3.8) is 0 Å². The molecule has 17 heavy (non-hydrogen) atoms. The summed E-state index contributed by atoms with van der Waals surface area (Å²) in [5.74, 6) is 0.350. The van der Waals surface area contributed by atoms with E-state index in [1.807, 2.05) is 0 Å². The molecule has 0 aliphatic heterocycles. The van der Waals surface area contributed by atoms with Gasteiger partial charge >= 0.3 is 0 Å². The van der Waals surface area contributed by atoms with Gasteiger partial charge in [0.15, 0.2) is 0 Å². The Balaban J connectivity index is 2.10. The first-order valence-electron chi connectivity index (χ1n) is 6.13. The molecule has 1 aliphatic carbocycles. The van der Waals surface area contributed by atoms with E-state index < -0.39 is 0 Å². The lowest BCUT2D eigenvalue weighted by Crippen LogP contribution is -2.21. The molecule has 2 aromatic rings. The van der Waals surface area contributed by atoms with Gasteiger partial charge in [-0.25, -0.2) is 0 Å². The first-order valence-corrected chi connectivity index (χ1v) is 6.57. The first kappa shape index (κ1) is 10.9. The SMILES string of the molecule is Cl[C@H]1CCc2ccccc2[C@@H]1c1ccccc1.